The van der Waals surface area contributed by atoms with E-state index in [0.29, 0.717) is 11.9 Å². The molecule has 1 heterocycles. The zero-order valence-electron chi connectivity index (χ0n) is 10.4. The average molecular weight is 226 g/mol. The highest BCUT2D eigenvalue weighted by Crippen LogP contribution is 2.13. The SMILES string of the molecule is CCCCNc1nnc(C(C)NCCC)o1. The molecule has 0 amide bonds. The maximum atomic E-state index is 5.49. The lowest BCUT2D eigenvalue weighted by Gasteiger charge is -2.07. The molecule has 0 spiro atoms. The molecule has 1 unspecified atom stereocenters. The van der Waals surface area contributed by atoms with Crippen LogP contribution in [0.25, 0.3) is 0 Å². The van der Waals surface area contributed by atoms with Crippen molar-refractivity contribution >= 4 is 6.01 Å². The fraction of sp³-hybridized carbons (Fsp3) is 0.818. The van der Waals surface area contributed by atoms with Crippen LogP contribution >= 0.6 is 0 Å². The summed E-state index contributed by atoms with van der Waals surface area (Å²) in [6.07, 6.45) is 3.36. The molecular formula is C11H22N4O. The first kappa shape index (κ1) is 13.0. The Morgan fingerprint density at radius 2 is 2.00 bits per heavy atom. The van der Waals surface area contributed by atoms with Crippen LogP contribution in [0.4, 0.5) is 6.01 Å². The maximum absolute atomic E-state index is 5.49. The minimum absolute atomic E-state index is 0.120. The van der Waals surface area contributed by atoms with Gasteiger partial charge in [0, 0.05) is 6.54 Å². The van der Waals surface area contributed by atoms with Crippen LogP contribution in [0.15, 0.2) is 4.42 Å². The topological polar surface area (TPSA) is 63.0 Å². The van der Waals surface area contributed by atoms with E-state index < -0.39 is 0 Å². The van der Waals surface area contributed by atoms with Gasteiger partial charge in [0.25, 0.3) is 0 Å². The Morgan fingerprint density at radius 1 is 1.19 bits per heavy atom. The molecule has 5 heteroatoms. The highest BCUT2D eigenvalue weighted by molar-refractivity contribution is 5.16. The summed E-state index contributed by atoms with van der Waals surface area (Å²) in [5.74, 6) is 0.646. The van der Waals surface area contributed by atoms with Gasteiger partial charge in [0.2, 0.25) is 5.89 Å². The van der Waals surface area contributed by atoms with Crippen molar-refractivity contribution in [3.63, 3.8) is 0 Å². The summed E-state index contributed by atoms with van der Waals surface area (Å²) in [6, 6.07) is 0.641. The Morgan fingerprint density at radius 3 is 2.69 bits per heavy atom. The van der Waals surface area contributed by atoms with Gasteiger partial charge in [-0.1, -0.05) is 25.4 Å². The van der Waals surface area contributed by atoms with Crippen LogP contribution in [0.1, 0.15) is 52.0 Å². The van der Waals surface area contributed by atoms with Gasteiger partial charge in [-0.15, -0.1) is 5.10 Å². The summed E-state index contributed by atoms with van der Waals surface area (Å²) >= 11 is 0. The molecule has 0 aromatic carbocycles. The van der Waals surface area contributed by atoms with Crippen molar-refractivity contribution < 1.29 is 4.42 Å². The molecule has 1 aromatic rings. The summed E-state index contributed by atoms with van der Waals surface area (Å²) < 4.78 is 5.49. The molecule has 0 saturated carbocycles. The van der Waals surface area contributed by atoms with Gasteiger partial charge in [0.1, 0.15) is 0 Å². The number of nitrogens with zero attached hydrogens (tertiary/aromatic N) is 2. The van der Waals surface area contributed by atoms with Crippen LogP contribution in [0.3, 0.4) is 0 Å². The van der Waals surface area contributed by atoms with E-state index in [2.05, 4.69) is 34.7 Å². The summed E-state index contributed by atoms with van der Waals surface area (Å²) in [5, 5.41) is 14.4. The number of hydrogen-bond donors (Lipinski definition) is 2. The predicted molar refractivity (Wildman–Crippen MR) is 64.4 cm³/mol. The third-order valence-electron chi connectivity index (χ3n) is 2.32. The van der Waals surface area contributed by atoms with Crippen molar-refractivity contribution in [1.29, 1.82) is 0 Å². The zero-order valence-corrected chi connectivity index (χ0v) is 10.4. The zero-order chi connectivity index (χ0) is 11.8. The maximum Gasteiger partial charge on any atom is 0.315 e. The van der Waals surface area contributed by atoms with Crippen molar-refractivity contribution in [1.82, 2.24) is 15.5 Å². The molecule has 5 nitrogen and oxygen atoms in total. The number of rotatable bonds is 8. The number of nitrogens with one attached hydrogen (secondary N) is 2. The van der Waals surface area contributed by atoms with Crippen molar-refractivity contribution in [3.05, 3.63) is 5.89 Å². The molecular weight excluding hydrogens is 204 g/mol. The number of anilines is 1. The quantitative estimate of drug-likeness (QED) is 0.666. The third kappa shape index (κ3) is 4.18. The number of unbranched alkanes of at least 4 members (excludes halogenated alkanes) is 1. The Hall–Kier alpha value is -1.10. The van der Waals surface area contributed by atoms with E-state index in [9.17, 15) is 0 Å². The van der Waals surface area contributed by atoms with Crippen LogP contribution in [0.2, 0.25) is 0 Å². The van der Waals surface area contributed by atoms with E-state index in [0.717, 1.165) is 32.4 Å². The van der Waals surface area contributed by atoms with Gasteiger partial charge >= 0.3 is 6.01 Å². The Kier molecular flexibility index (Phi) is 5.85. The van der Waals surface area contributed by atoms with E-state index in [1.807, 2.05) is 6.92 Å². The van der Waals surface area contributed by atoms with E-state index >= 15 is 0 Å². The van der Waals surface area contributed by atoms with Crippen LogP contribution in [-0.2, 0) is 0 Å². The lowest BCUT2D eigenvalue weighted by molar-refractivity contribution is 0.423. The van der Waals surface area contributed by atoms with Crippen LogP contribution < -0.4 is 10.6 Å². The molecule has 0 aliphatic rings. The number of hydrogen-bond acceptors (Lipinski definition) is 5. The Balaban J connectivity index is 2.37. The summed E-state index contributed by atoms with van der Waals surface area (Å²) in [6.45, 7) is 8.15. The molecule has 1 aromatic heterocycles. The first-order valence-corrected chi connectivity index (χ1v) is 6.08. The second kappa shape index (κ2) is 7.22. The highest BCUT2D eigenvalue weighted by atomic mass is 16.4. The minimum atomic E-state index is 0.120. The largest absolute Gasteiger partial charge is 0.406 e. The van der Waals surface area contributed by atoms with Gasteiger partial charge in [-0.05, 0) is 26.3 Å². The van der Waals surface area contributed by atoms with Gasteiger partial charge in [-0.3, -0.25) is 0 Å². The predicted octanol–water partition coefficient (Wildman–Crippen LogP) is 2.34. The fourth-order valence-corrected chi connectivity index (χ4v) is 1.30. The smallest absolute Gasteiger partial charge is 0.315 e. The number of aromatic nitrogens is 2. The van der Waals surface area contributed by atoms with E-state index in [-0.39, 0.29) is 6.04 Å². The molecule has 0 fully saturated rings. The molecule has 2 N–H and O–H groups in total. The van der Waals surface area contributed by atoms with Crippen LogP contribution in [-0.4, -0.2) is 23.3 Å². The normalized spacial score (nSPS) is 12.7. The van der Waals surface area contributed by atoms with E-state index in [1.54, 1.807) is 0 Å². The lowest BCUT2D eigenvalue weighted by Crippen LogP contribution is -2.19. The first-order valence-electron chi connectivity index (χ1n) is 6.08. The molecule has 0 aliphatic heterocycles. The van der Waals surface area contributed by atoms with Crippen LogP contribution in [0.5, 0.6) is 0 Å². The summed E-state index contributed by atoms with van der Waals surface area (Å²) in [4.78, 5) is 0. The monoisotopic (exact) mass is 226 g/mol. The van der Waals surface area contributed by atoms with E-state index in [4.69, 9.17) is 4.42 Å². The molecule has 0 bridgehead atoms. The summed E-state index contributed by atoms with van der Waals surface area (Å²) in [5.41, 5.74) is 0. The molecule has 0 saturated heterocycles. The second-order valence-corrected chi connectivity index (χ2v) is 3.90. The van der Waals surface area contributed by atoms with Crippen LogP contribution in [0, 0.1) is 0 Å². The average Bonchev–Trinajstić information content (AvgIpc) is 2.75. The molecule has 92 valence electrons. The second-order valence-electron chi connectivity index (χ2n) is 3.90. The van der Waals surface area contributed by atoms with Crippen molar-refractivity contribution in [2.75, 3.05) is 18.4 Å². The molecule has 16 heavy (non-hydrogen) atoms. The Labute approximate surface area is 97.0 Å². The standard InChI is InChI=1S/C11H22N4O/c1-4-6-8-13-11-15-14-10(16-11)9(3)12-7-5-2/h9,12H,4-8H2,1-3H3,(H,13,15). The van der Waals surface area contributed by atoms with Gasteiger partial charge in [-0.25, -0.2) is 0 Å². The van der Waals surface area contributed by atoms with E-state index in [1.165, 1.54) is 0 Å². The van der Waals surface area contributed by atoms with Gasteiger partial charge in [-0.2, -0.15) is 0 Å². The Bertz CT molecular complexity index is 287. The fourth-order valence-electron chi connectivity index (χ4n) is 1.30. The minimum Gasteiger partial charge on any atom is -0.406 e. The molecule has 1 atom stereocenters. The van der Waals surface area contributed by atoms with Gasteiger partial charge < -0.3 is 15.1 Å². The molecule has 0 aliphatic carbocycles. The highest BCUT2D eigenvalue weighted by Gasteiger charge is 2.12. The molecule has 1 rings (SSSR count). The van der Waals surface area contributed by atoms with Gasteiger partial charge in [0.05, 0.1) is 6.04 Å². The third-order valence-corrected chi connectivity index (χ3v) is 2.32. The van der Waals surface area contributed by atoms with Crippen molar-refractivity contribution in [2.24, 2.45) is 0 Å². The van der Waals surface area contributed by atoms with Crippen molar-refractivity contribution in [3.8, 4) is 0 Å². The first-order chi connectivity index (χ1) is 7.77. The summed E-state index contributed by atoms with van der Waals surface area (Å²) in [7, 11) is 0. The van der Waals surface area contributed by atoms with Gasteiger partial charge in [0.15, 0.2) is 0 Å². The van der Waals surface area contributed by atoms with Crippen molar-refractivity contribution in [2.45, 2.75) is 46.1 Å². The molecule has 0 radical (unpaired) electrons. The lowest BCUT2D eigenvalue weighted by atomic mass is 10.3.